The van der Waals surface area contributed by atoms with Crippen molar-refractivity contribution in [1.82, 2.24) is 14.9 Å². The van der Waals surface area contributed by atoms with Crippen molar-refractivity contribution in [3.63, 3.8) is 0 Å². The molecule has 0 aliphatic carbocycles. The molecule has 172 valence electrons. The predicted molar refractivity (Wildman–Crippen MR) is 128 cm³/mol. The quantitative estimate of drug-likeness (QED) is 0.295. The lowest BCUT2D eigenvalue weighted by molar-refractivity contribution is -0.121. The fraction of sp³-hybridized carbons (Fsp3) is 0.320. The molecule has 1 amide bonds. The minimum Gasteiger partial charge on any atom is -0.454 e. The molecule has 8 heteroatoms. The molecule has 4 rings (SSSR count). The molecule has 2 aromatic carbocycles. The van der Waals surface area contributed by atoms with E-state index in [4.69, 9.17) is 9.47 Å². The van der Waals surface area contributed by atoms with Crippen LogP contribution in [0, 0.1) is 6.92 Å². The van der Waals surface area contributed by atoms with Crippen LogP contribution in [-0.2, 0) is 24.8 Å². The Morgan fingerprint density at radius 1 is 1.12 bits per heavy atom. The van der Waals surface area contributed by atoms with Crippen LogP contribution in [-0.4, -0.2) is 28.0 Å². The molecule has 0 spiro atoms. The van der Waals surface area contributed by atoms with Crippen molar-refractivity contribution in [3.8, 4) is 11.5 Å². The lowest BCUT2D eigenvalue weighted by Crippen LogP contribution is -2.26. The minimum absolute atomic E-state index is 0.00972. The van der Waals surface area contributed by atoms with Gasteiger partial charge in [0.25, 0.3) is 5.56 Å². The number of amides is 1. The van der Waals surface area contributed by atoms with Crippen LogP contribution >= 0.6 is 11.8 Å². The van der Waals surface area contributed by atoms with Gasteiger partial charge in [-0.15, -0.1) is 0 Å². The first-order valence-corrected chi connectivity index (χ1v) is 11.9. The maximum absolute atomic E-state index is 12.9. The predicted octanol–water partition coefficient (Wildman–Crippen LogP) is 3.60. The highest BCUT2D eigenvalue weighted by Gasteiger charge is 2.14. The number of thioether (sulfide) groups is 1. The molecule has 0 saturated carbocycles. The fourth-order valence-electron chi connectivity index (χ4n) is 3.60. The number of nitrogens with one attached hydrogen (secondary N) is 1. The Labute approximate surface area is 197 Å². The first-order valence-electron chi connectivity index (χ1n) is 10.9. The van der Waals surface area contributed by atoms with Crippen LogP contribution in [0.3, 0.4) is 0 Å². The van der Waals surface area contributed by atoms with Crippen molar-refractivity contribution in [2.45, 2.75) is 37.9 Å². The number of rotatable bonds is 9. The van der Waals surface area contributed by atoms with Gasteiger partial charge in [0.2, 0.25) is 12.7 Å². The molecule has 0 fully saturated rings. The lowest BCUT2D eigenvalue weighted by Gasteiger charge is -2.12. The van der Waals surface area contributed by atoms with Gasteiger partial charge < -0.3 is 14.8 Å². The summed E-state index contributed by atoms with van der Waals surface area (Å²) in [6, 6.07) is 15.6. The summed E-state index contributed by atoms with van der Waals surface area (Å²) in [7, 11) is 1.75. The van der Waals surface area contributed by atoms with E-state index in [-0.39, 0.29) is 18.3 Å². The number of carbonyl (C=O) groups is 1. The Morgan fingerprint density at radius 3 is 2.73 bits per heavy atom. The Morgan fingerprint density at radius 2 is 1.91 bits per heavy atom. The Balaban J connectivity index is 1.25. The molecule has 1 N–H and O–H groups in total. The normalized spacial score (nSPS) is 12.1. The van der Waals surface area contributed by atoms with Crippen molar-refractivity contribution in [1.29, 1.82) is 0 Å². The molecular weight excluding hydrogens is 438 g/mol. The summed E-state index contributed by atoms with van der Waals surface area (Å²) in [5.74, 6) is 2.13. The van der Waals surface area contributed by atoms with Gasteiger partial charge in [0.05, 0.1) is 0 Å². The number of hydrogen-bond acceptors (Lipinski definition) is 6. The van der Waals surface area contributed by atoms with Crippen LogP contribution in [0.25, 0.3) is 0 Å². The van der Waals surface area contributed by atoms with Gasteiger partial charge >= 0.3 is 0 Å². The second-order valence-electron chi connectivity index (χ2n) is 7.90. The highest BCUT2D eigenvalue weighted by atomic mass is 32.2. The third-order valence-corrected chi connectivity index (χ3v) is 6.60. The fourth-order valence-corrected chi connectivity index (χ4v) is 4.55. The third-order valence-electron chi connectivity index (χ3n) is 5.48. The molecule has 1 aliphatic heterocycles. The highest BCUT2D eigenvalue weighted by Crippen LogP contribution is 2.32. The zero-order chi connectivity index (χ0) is 23.2. The number of benzene rings is 2. The zero-order valence-corrected chi connectivity index (χ0v) is 19.6. The van der Waals surface area contributed by atoms with E-state index >= 15 is 0 Å². The molecule has 0 atom stereocenters. The number of fused-ring (bicyclic) bond motifs is 1. The van der Waals surface area contributed by atoms with Gasteiger partial charge in [0, 0.05) is 43.4 Å². The highest BCUT2D eigenvalue weighted by molar-refractivity contribution is 7.99. The van der Waals surface area contributed by atoms with E-state index in [1.165, 1.54) is 11.8 Å². The summed E-state index contributed by atoms with van der Waals surface area (Å²) < 4.78 is 12.3. The van der Waals surface area contributed by atoms with Gasteiger partial charge in [-0.05, 0) is 36.6 Å². The van der Waals surface area contributed by atoms with Gasteiger partial charge in [-0.25, -0.2) is 4.98 Å². The summed E-state index contributed by atoms with van der Waals surface area (Å²) in [5, 5.41) is 3.61. The molecule has 0 radical (unpaired) electrons. The molecule has 0 saturated heterocycles. The van der Waals surface area contributed by atoms with Gasteiger partial charge in [-0.3, -0.25) is 14.2 Å². The van der Waals surface area contributed by atoms with Crippen molar-refractivity contribution < 1.29 is 14.3 Å². The standard InChI is InChI=1S/C25H27N3O4S/c1-17-20(13-18-7-4-3-5-8-18)24(30)28(2)25(27-17)33-12-6-9-23(29)26-15-19-10-11-21-22(14-19)32-16-31-21/h3-5,7-8,10-11,14H,6,9,12-13,15-16H2,1-2H3,(H,26,29). The van der Waals surface area contributed by atoms with E-state index in [0.717, 1.165) is 28.1 Å². The molecule has 2 heterocycles. The van der Waals surface area contributed by atoms with E-state index in [1.54, 1.807) is 11.6 Å². The minimum atomic E-state index is -0.0182. The van der Waals surface area contributed by atoms with E-state index < -0.39 is 0 Å². The first-order chi connectivity index (χ1) is 16.0. The largest absolute Gasteiger partial charge is 0.454 e. The Bertz CT molecular complexity index is 1190. The van der Waals surface area contributed by atoms with E-state index in [1.807, 2.05) is 55.5 Å². The average Bonchev–Trinajstić information content (AvgIpc) is 3.30. The monoisotopic (exact) mass is 465 g/mol. The van der Waals surface area contributed by atoms with Crippen LogP contribution in [0.15, 0.2) is 58.5 Å². The molecule has 0 bridgehead atoms. The Kier molecular flexibility index (Phi) is 7.34. The van der Waals surface area contributed by atoms with E-state index in [2.05, 4.69) is 10.3 Å². The first kappa shape index (κ1) is 22.9. The Hall–Kier alpha value is -3.26. The van der Waals surface area contributed by atoms with Crippen LogP contribution in [0.5, 0.6) is 11.5 Å². The molecular formula is C25H27N3O4S. The van der Waals surface area contributed by atoms with E-state index in [0.29, 0.717) is 42.5 Å². The number of aryl methyl sites for hydroxylation is 1. The number of carbonyl (C=O) groups excluding carboxylic acids is 1. The molecule has 7 nitrogen and oxygen atoms in total. The van der Waals surface area contributed by atoms with Crippen molar-refractivity contribution in [2.24, 2.45) is 7.05 Å². The van der Waals surface area contributed by atoms with Crippen LogP contribution in [0.2, 0.25) is 0 Å². The maximum Gasteiger partial charge on any atom is 0.257 e. The number of hydrogen-bond donors (Lipinski definition) is 1. The van der Waals surface area contributed by atoms with E-state index in [9.17, 15) is 9.59 Å². The second-order valence-corrected chi connectivity index (χ2v) is 8.96. The second kappa shape index (κ2) is 10.6. The number of ether oxygens (including phenoxy) is 2. The molecule has 3 aromatic rings. The van der Waals surface area contributed by atoms with Crippen LogP contribution in [0.4, 0.5) is 0 Å². The number of nitrogens with zero attached hydrogens (tertiary/aromatic N) is 2. The summed E-state index contributed by atoms with van der Waals surface area (Å²) >= 11 is 1.50. The number of aromatic nitrogens is 2. The maximum atomic E-state index is 12.9. The third kappa shape index (κ3) is 5.76. The summed E-state index contributed by atoms with van der Waals surface area (Å²) in [6.07, 6.45) is 1.68. The molecule has 33 heavy (non-hydrogen) atoms. The topological polar surface area (TPSA) is 82.4 Å². The SMILES string of the molecule is Cc1nc(SCCCC(=O)NCc2ccc3c(c2)OCO3)n(C)c(=O)c1Cc1ccccc1. The molecule has 0 unspecified atom stereocenters. The van der Waals surface area contributed by atoms with Crippen molar-refractivity contribution in [3.05, 3.63) is 81.3 Å². The van der Waals surface area contributed by atoms with Crippen LogP contribution < -0.4 is 20.3 Å². The summed E-state index contributed by atoms with van der Waals surface area (Å²) in [5.41, 5.74) is 3.51. The average molecular weight is 466 g/mol. The lowest BCUT2D eigenvalue weighted by atomic mass is 10.1. The smallest absolute Gasteiger partial charge is 0.257 e. The molecule has 1 aromatic heterocycles. The van der Waals surface area contributed by atoms with Crippen LogP contribution in [0.1, 0.15) is 35.2 Å². The molecule has 1 aliphatic rings. The summed E-state index contributed by atoms with van der Waals surface area (Å²) in [6.45, 7) is 2.56. The zero-order valence-electron chi connectivity index (χ0n) is 18.8. The summed E-state index contributed by atoms with van der Waals surface area (Å²) in [4.78, 5) is 29.7. The van der Waals surface area contributed by atoms with Crippen molar-refractivity contribution >= 4 is 17.7 Å². The van der Waals surface area contributed by atoms with Gasteiger partial charge in [-0.1, -0.05) is 48.2 Å². The van der Waals surface area contributed by atoms with Gasteiger partial charge in [0.15, 0.2) is 16.7 Å². The van der Waals surface area contributed by atoms with Crippen molar-refractivity contribution in [2.75, 3.05) is 12.5 Å². The van der Waals surface area contributed by atoms with Gasteiger partial charge in [0.1, 0.15) is 0 Å². The van der Waals surface area contributed by atoms with Gasteiger partial charge in [-0.2, -0.15) is 0 Å².